The van der Waals surface area contributed by atoms with Crippen molar-refractivity contribution in [2.45, 2.75) is 9.79 Å². The summed E-state index contributed by atoms with van der Waals surface area (Å²) in [7, 11) is -6.60. The number of benzene rings is 2. The number of anilines is 1. The van der Waals surface area contributed by atoms with Gasteiger partial charge in [-0.25, -0.2) is 26.4 Å². The lowest BCUT2D eigenvalue weighted by Crippen LogP contribution is -2.35. The Kier molecular flexibility index (Phi) is 5.76. The number of carbonyl (C=O) groups is 1. The first-order valence-corrected chi connectivity index (χ1v) is 10.1. The highest BCUT2D eigenvalue weighted by Gasteiger charge is 2.23. The Morgan fingerprint density at radius 1 is 1.00 bits per heavy atom. The maximum absolute atomic E-state index is 12.9. The second-order valence-electron chi connectivity index (χ2n) is 5.33. The molecule has 140 valence electrons. The Morgan fingerprint density at radius 3 is 2.00 bits per heavy atom. The molecule has 0 atom stereocenters. The van der Waals surface area contributed by atoms with Crippen LogP contribution < -0.4 is 10.5 Å². The molecule has 26 heavy (non-hydrogen) atoms. The molecule has 11 heteroatoms. The summed E-state index contributed by atoms with van der Waals surface area (Å²) in [4.78, 5) is 11.8. The number of rotatable bonds is 6. The third-order valence-corrected chi connectivity index (χ3v) is 6.10. The topological polar surface area (TPSA) is 127 Å². The Bertz CT molecular complexity index is 1000. The van der Waals surface area contributed by atoms with Gasteiger partial charge in [-0.2, -0.15) is 4.31 Å². The van der Waals surface area contributed by atoms with E-state index in [1.807, 2.05) is 0 Å². The van der Waals surface area contributed by atoms with Gasteiger partial charge >= 0.3 is 0 Å². The summed E-state index contributed by atoms with van der Waals surface area (Å²) >= 11 is 0. The smallest absolute Gasteiger partial charge is 0.243 e. The summed E-state index contributed by atoms with van der Waals surface area (Å²) in [5, 5.41) is 7.42. The third-order valence-electron chi connectivity index (χ3n) is 3.35. The first-order chi connectivity index (χ1) is 12.0. The highest BCUT2D eigenvalue weighted by atomic mass is 32.2. The number of hydrogen-bond acceptors (Lipinski definition) is 5. The van der Waals surface area contributed by atoms with Gasteiger partial charge in [0.25, 0.3) is 0 Å². The molecule has 0 saturated heterocycles. The third kappa shape index (κ3) is 4.85. The van der Waals surface area contributed by atoms with Gasteiger partial charge in [0.15, 0.2) is 0 Å². The van der Waals surface area contributed by atoms with E-state index in [1.165, 1.54) is 31.3 Å². The van der Waals surface area contributed by atoms with Crippen LogP contribution in [0.15, 0.2) is 58.3 Å². The summed E-state index contributed by atoms with van der Waals surface area (Å²) in [6, 6.07) is 9.30. The largest absolute Gasteiger partial charge is 0.325 e. The summed E-state index contributed by atoms with van der Waals surface area (Å²) in [6.07, 6.45) is 0. The van der Waals surface area contributed by atoms with Gasteiger partial charge in [-0.1, -0.05) is 0 Å². The van der Waals surface area contributed by atoms with Crippen molar-refractivity contribution >= 4 is 31.6 Å². The van der Waals surface area contributed by atoms with E-state index in [0.29, 0.717) is 0 Å². The molecule has 0 heterocycles. The fraction of sp³-hybridized carbons (Fsp3) is 0.133. The van der Waals surface area contributed by atoms with Crippen molar-refractivity contribution in [3.63, 3.8) is 0 Å². The molecule has 2 aromatic carbocycles. The van der Waals surface area contributed by atoms with E-state index >= 15 is 0 Å². The molecule has 0 fully saturated rings. The molecule has 0 saturated carbocycles. The zero-order valence-electron chi connectivity index (χ0n) is 13.6. The van der Waals surface area contributed by atoms with Crippen molar-refractivity contribution in [1.82, 2.24) is 4.31 Å². The van der Waals surface area contributed by atoms with Crippen LogP contribution in [0.25, 0.3) is 0 Å². The van der Waals surface area contributed by atoms with E-state index < -0.39 is 38.3 Å². The van der Waals surface area contributed by atoms with Crippen molar-refractivity contribution in [2.75, 3.05) is 18.9 Å². The summed E-state index contributed by atoms with van der Waals surface area (Å²) in [5.74, 6) is -1.21. The molecule has 8 nitrogen and oxygen atoms in total. The Balaban J connectivity index is 2.06. The molecular formula is C15H16FN3O5S2. The normalized spacial score (nSPS) is 12.2. The Hall–Kier alpha value is -2.34. The highest BCUT2D eigenvalue weighted by molar-refractivity contribution is 7.89. The van der Waals surface area contributed by atoms with Gasteiger partial charge in [0.1, 0.15) is 5.82 Å². The van der Waals surface area contributed by atoms with Crippen molar-refractivity contribution in [3.05, 3.63) is 54.3 Å². The van der Waals surface area contributed by atoms with Crippen LogP contribution in [0.5, 0.6) is 0 Å². The van der Waals surface area contributed by atoms with Crippen LogP contribution in [0.4, 0.5) is 10.1 Å². The lowest BCUT2D eigenvalue weighted by molar-refractivity contribution is -0.116. The molecule has 0 unspecified atom stereocenters. The van der Waals surface area contributed by atoms with Crippen LogP contribution in [0, 0.1) is 5.82 Å². The van der Waals surface area contributed by atoms with Crippen LogP contribution in [0.3, 0.4) is 0 Å². The van der Waals surface area contributed by atoms with E-state index in [-0.39, 0.29) is 15.5 Å². The van der Waals surface area contributed by atoms with E-state index in [9.17, 15) is 26.0 Å². The van der Waals surface area contributed by atoms with Crippen molar-refractivity contribution in [3.8, 4) is 0 Å². The number of halogens is 1. The van der Waals surface area contributed by atoms with Crippen molar-refractivity contribution in [2.24, 2.45) is 5.14 Å². The summed E-state index contributed by atoms with van der Waals surface area (Å²) in [5.41, 5.74) is 0.273. The number of sulfonamides is 2. The fourth-order valence-corrected chi connectivity index (χ4v) is 3.64. The monoisotopic (exact) mass is 401 g/mol. The molecule has 0 aliphatic carbocycles. The SMILES string of the molecule is CN(CC(=O)Nc1ccc(S(N)(=O)=O)cc1)S(=O)(=O)c1ccc(F)cc1. The van der Waals surface area contributed by atoms with Crippen LogP contribution in [-0.2, 0) is 24.8 Å². The minimum Gasteiger partial charge on any atom is -0.325 e. The number of primary sulfonamides is 1. The van der Waals surface area contributed by atoms with Crippen LogP contribution in [-0.4, -0.2) is 40.6 Å². The number of nitrogens with one attached hydrogen (secondary N) is 1. The van der Waals surface area contributed by atoms with Gasteiger partial charge in [-0.05, 0) is 48.5 Å². The van der Waals surface area contributed by atoms with Crippen molar-refractivity contribution < 1.29 is 26.0 Å². The van der Waals surface area contributed by atoms with Gasteiger partial charge in [-0.15, -0.1) is 0 Å². The van der Waals surface area contributed by atoms with Gasteiger partial charge in [0.2, 0.25) is 26.0 Å². The quantitative estimate of drug-likeness (QED) is 0.738. The zero-order chi connectivity index (χ0) is 19.5. The van der Waals surface area contributed by atoms with Gasteiger partial charge < -0.3 is 5.32 Å². The molecule has 2 rings (SSSR count). The number of carbonyl (C=O) groups excluding carboxylic acids is 1. The first-order valence-electron chi connectivity index (χ1n) is 7.15. The van der Waals surface area contributed by atoms with Crippen molar-refractivity contribution in [1.29, 1.82) is 0 Å². The molecule has 0 spiro atoms. The number of amides is 1. The second kappa shape index (κ2) is 7.50. The first kappa shape index (κ1) is 20.0. The molecule has 1 amide bonds. The number of nitrogens with zero attached hydrogens (tertiary/aromatic N) is 1. The lowest BCUT2D eigenvalue weighted by atomic mass is 10.3. The number of nitrogens with two attached hydrogens (primary N) is 1. The standard InChI is InChI=1S/C15H16FN3O5S2/c1-19(26(23,24)14-6-2-11(16)3-7-14)10-15(20)18-12-4-8-13(9-5-12)25(17,21)22/h2-9H,10H2,1H3,(H,18,20)(H2,17,21,22). The lowest BCUT2D eigenvalue weighted by Gasteiger charge is -2.17. The molecule has 2 aromatic rings. The molecule has 3 N–H and O–H groups in total. The minimum absolute atomic E-state index is 0.119. The molecule has 0 aliphatic rings. The van der Waals surface area contributed by atoms with Gasteiger partial charge in [0, 0.05) is 12.7 Å². The Labute approximate surface area is 150 Å². The average molecular weight is 401 g/mol. The maximum atomic E-state index is 12.9. The van der Waals surface area contributed by atoms with E-state index in [1.54, 1.807) is 0 Å². The average Bonchev–Trinajstić information content (AvgIpc) is 2.54. The molecule has 0 aliphatic heterocycles. The fourth-order valence-electron chi connectivity index (χ4n) is 2.00. The second-order valence-corrected chi connectivity index (χ2v) is 8.94. The van der Waals surface area contributed by atoms with E-state index in [4.69, 9.17) is 5.14 Å². The molecule has 0 radical (unpaired) electrons. The zero-order valence-corrected chi connectivity index (χ0v) is 15.2. The van der Waals surface area contributed by atoms with Crippen LogP contribution >= 0.6 is 0 Å². The predicted octanol–water partition coefficient (Wildman–Crippen LogP) is 0.732. The van der Waals surface area contributed by atoms with Crippen LogP contribution in [0.1, 0.15) is 0 Å². The minimum atomic E-state index is -3.96. The number of likely N-dealkylation sites (N-methyl/N-ethyl adjacent to an activating group) is 1. The summed E-state index contributed by atoms with van der Waals surface area (Å²) < 4.78 is 60.7. The maximum Gasteiger partial charge on any atom is 0.243 e. The predicted molar refractivity (Wildman–Crippen MR) is 92.7 cm³/mol. The molecule has 0 aromatic heterocycles. The molecule has 0 bridgehead atoms. The molecular weight excluding hydrogens is 385 g/mol. The summed E-state index contributed by atoms with van der Waals surface area (Å²) in [6.45, 7) is -0.489. The number of hydrogen-bond donors (Lipinski definition) is 2. The Morgan fingerprint density at radius 2 is 1.50 bits per heavy atom. The van der Waals surface area contributed by atoms with E-state index in [2.05, 4.69) is 5.32 Å². The highest BCUT2D eigenvalue weighted by Crippen LogP contribution is 2.16. The van der Waals surface area contributed by atoms with Crippen LogP contribution in [0.2, 0.25) is 0 Å². The van der Waals surface area contributed by atoms with E-state index in [0.717, 1.165) is 28.6 Å². The van der Waals surface area contributed by atoms with Gasteiger partial charge in [0.05, 0.1) is 16.3 Å². The van der Waals surface area contributed by atoms with Gasteiger partial charge in [-0.3, -0.25) is 4.79 Å².